The summed E-state index contributed by atoms with van der Waals surface area (Å²) in [7, 11) is 0. The molecule has 1 saturated heterocycles. The van der Waals surface area contributed by atoms with E-state index in [4.69, 9.17) is 23.2 Å². The van der Waals surface area contributed by atoms with Crippen LogP contribution in [0.15, 0.2) is 42.5 Å². The molecular formula is C17H15Cl2FN2O2. The Kier molecular flexibility index (Phi) is 4.94. The fourth-order valence-electron chi connectivity index (χ4n) is 2.78. The van der Waals surface area contributed by atoms with Crippen LogP contribution >= 0.6 is 23.2 Å². The van der Waals surface area contributed by atoms with Crippen LogP contribution in [0.2, 0.25) is 10.0 Å². The number of nitrogens with zero attached hydrogens (tertiary/aromatic N) is 2. The number of hydrogen-bond donors (Lipinski definition) is 1. The highest BCUT2D eigenvalue weighted by atomic mass is 35.5. The molecule has 24 heavy (non-hydrogen) atoms. The molecule has 1 heterocycles. The minimum atomic E-state index is -0.855. The molecule has 2 aromatic carbocycles. The van der Waals surface area contributed by atoms with Crippen molar-refractivity contribution in [3.8, 4) is 0 Å². The van der Waals surface area contributed by atoms with Crippen LogP contribution < -0.4 is 5.01 Å². The van der Waals surface area contributed by atoms with Gasteiger partial charge in [-0.3, -0.25) is 4.79 Å². The van der Waals surface area contributed by atoms with Crippen LogP contribution in [0.25, 0.3) is 0 Å². The van der Waals surface area contributed by atoms with E-state index in [0.717, 1.165) is 5.56 Å². The number of carboxylic acids is 1. The first kappa shape index (κ1) is 17.0. The molecule has 4 nitrogen and oxygen atoms in total. The number of hydrogen-bond acceptors (Lipinski definition) is 3. The Morgan fingerprint density at radius 1 is 1.17 bits per heavy atom. The Balaban J connectivity index is 1.88. The Hall–Kier alpha value is -1.82. The number of anilines is 1. The van der Waals surface area contributed by atoms with Crippen molar-refractivity contribution in [2.45, 2.75) is 6.54 Å². The molecule has 7 heteroatoms. The predicted octanol–water partition coefficient (Wildman–Crippen LogP) is 4.07. The van der Waals surface area contributed by atoms with E-state index < -0.39 is 11.9 Å². The molecule has 126 valence electrons. The second-order valence-electron chi connectivity index (χ2n) is 5.69. The highest BCUT2D eigenvalue weighted by molar-refractivity contribution is 6.36. The minimum absolute atomic E-state index is 0.304. The van der Waals surface area contributed by atoms with Crippen molar-refractivity contribution in [1.82, 2.24) is 5.01 Å². The zero-order valence-electron chi connectivity index (χ0n) is 12.6. The van der Waals surface area contributed by atoms with Gasteiger partial charge >= 0.3 is 5.97 Å². The first-order valence-electron chi connectivity index (χ1n) is 7.39. The zero-order chi connectivity index (χ0) is 17.3. The molecule has 1 fully saturated rings. The van der Waals surface area contributed by atoms with Crippen LogP contribution in [0.3, 0.4) is 0 Å². The Morgan fingerprint density at radius 2 is 1.88 bits per heavy atom. The van der Waals surface area contributed by atoms with Crippen LogP contribution in [0.4, 0.5) is 10.1 Å². The lowest BCUT2D eigenvalue weighted by atomic mass is 10.1. The predicted molar refractivity (Wildman–Crippen MR) is 91.7 cm³/mol. The first-order chi connectivity index (χ1) is 11.4. The largest absolute Gasteiger partial charge is 0.481 e. The van der Waals surface area contributed by atoms with E-state index in [1.165, 1.54) is 12.1 Å². The van der Waals surface area contributed by atoms with E-state index in [1.807, 2.05) is 10.0 Å². The van der Waals surface area contributed by atoms with E-state index in [-0.39, 0.29) is 5.82 Å². The third-order valence-corrected chi connectivity index (χ3v) is 4.52. The van der Waals surface area contributed by atoms with Crippen LogP contribution in [0.1, 0.15) is 5.56 Å². The van der Waals surface area contributed by atoms with Gasteiger partial charge in [0.2, 0.25) is 0 Å². The number of carboxylic acid groups (broad SMARTS) is 1. The highest BCUT2D eigenvalue weighted by Crippen LogP contribution is 2.34. The molecule has 0 amide bonds. The lowest BCUT2D eigenvalue weighted by Crippen LogP contribution is -2.36. The fraction of sp³-hybridized carbons (Fsp3) is 0.235. The van der Waals surface area contributed by atoms with Crippen LogP contribution in [-0.4, -0.2) is 29.2 Å². The molecule has 0 spiro atoms. The summed E-state index contributed by atoms with van der Waals surface area (Å²) in [5.41, 5.74) is 1.59. The molecule has 2 aromatic rings. The summed E-state index contributed by atoms with van der Waals surface area (Å²) in [6, 6.07) is 11.3. The summed E-state index contributed by atoms with van der Waals surface area (Å²) in [5.74, 6) is -1.69. The normalized spacial score (nSPS) is 18.1. The van der Waals surface area contributed by atoms with Crippen LogP contribution in [-0.2, 0) is 11.3 Å². The fourth-order valence-corrected chi connectivity index (χ4v) is 3.29. The van der Waals surface area contributed by atoms with Gasteiger partial charge in [-0.25, -0.2) is 9.40 Å². The Labute approximate surface area is 149 Å². The maximum Gasteiger partial charge on any atom is 0.309 e. The summed E-state index contributed by atoms with van der Waals surface area (Å²) in [6.45, 7) is 1.13. The lowest BCUT2D eigenvalue weighted by Gasteiger charge is -2.30. The summed E-state index contributed by atoms with van der Waals surface area (Å²) in [4.78, 5) is 11.4. The van der Waals surface area contributed by atoms with Crippen molar-refractivity contribution in [2.24, 2.45) is 5.92 Å². The zero-order valence-corrected chi connectivity index (χ0v) is 14.1. The molecule has 0 aromatic heterocycles. The van der Waals surface area contributed by atoms with Gasteiger partial charge in [-0.05, 0) is 35.9 Å². The van der Waals surface area contributed by atoms with Crippen molar-refractivity contribution >= 4 is 34.9 Å². The van der Waals surface area contributed by atoms with E-state index in [2.05, 4.69) is 0 Å². The van der Waals surface area contributed by atoms with Gasteiger partial charge in [0, 0.05) is 24.7 Å². The smallest absolute Gasteiger partial charge is 0.309 e. The van der Waals surface area contributed by atoms with E-state index in [0.29, 0.717) is 35.4 Å². The maximum absolute atomic E-state index is 13.1. The number of rotatable bonds is 4. The molecule has 0 radical (unpaired) electrons. The summed E-state index contributed by atoms with van der Waals surface area (Å²) < 4.78 is 13.1. The standard InChI is InChI=1S/C17H15Cl2FN2O2/c18-13-3-6-16(15(19)7-13)22-10-12(17(23)24)9-21(22)8-11-1-4-14(20)5-2-11/h1-7,12H,8-10H2,(H,23,24). The van der Waals surface area contributed by atoms with Gasteiger partial charge in [0.25, 0.3) is 0 Å². The maximum atomic E-state index is 13.1. The number of aliphatic carboxylic acids is 1. The Bertz CT molecular complexity index is 755. The molecule has 1 N–H and O–H groups in total. The molecule has 1 aliphatic rings. The van der Waals surface area contributed by atoms with Gasteiger partial charge in [0.1, 0.15) is 5.82 Å². The number of halogens is 3. The molecular weight excluding hydrogens is 354 g/mol. The second-order valence-corrected chi connectivity index (χ2v) is 6.53. The Morgan fingerprint density at radius 3 is 2.50 bits per heavy atom. The van der Waals surface area contributed by atoms with Gasteiger partial charge in [0.05, 0.1) is 16.6 Å². The van der Waals surface area contributed by atoms with Crippen LogP contribution in [0.5, 0.6) is 0 Å². The number of benzene rings is 2. The van der Waals surface area contributed by atoms with Crippen LogP contribution in [0, 0.1) is 11.7 Å². The van der Waals surface area contributed by atoms with E-state index in [1.54, 1.807) is 30.3 Å². The van der Waals surface area contributed by atoms with Gasteiger partial charge in [-0.1, -0.05) is 35.3 Å². The van der Waals surface area contributed by atoms with Crippen molar-refractivity contribution in [3.63, 3.8) is 0 Å². The minimum Gasteiger partial charge on any atom is -0.481 e. The molecule has 0 aliphatic carbocycles. The SMILES string of the molecule is O=C(O)C1CN(Cc2ccc(F)cc2)N(c2ccc(Cl)cc2Cl)C1. The van der Waals surface area contributed by atoms with E-state index in [9.17, 15) is 14.3 Å². The molecule has 0 saturated carbocycles. The second kappa shape index (κ2) is 6.97. The summed E-state index contributed by atoms with van der Waals surface area (Å²) >= 11 is 12.2. The number of hydrazine groups is 1. The van der Waals surface area contributed by atoms with Gasteiger partial charge < -0.3 is 10.1 Å². The average Bonchev–Trinajstić information content (AvgIpc) is 2.93. The van der Waals surface area contributed by atoms with Gasteiger partial charge in [-0.15, -0.1) is 0 Å². The highest BCUT2D eigenvalue weighted by Gasteiger charge is 2.35. The third kappa shape index (κ3) is 3.64. The van der Waals surface area contributed by atoms with Gasteiger partial charge in [0.15, 0.2) is 0 Å². The summed E-state index contributed by atoms with van der Waals surface area (Å²) in [6.07, 6.45) is 0. The average molecular weight is 369 g/mol. The monoisotopic (exact) mass is 368 g/mol. The quantitative estimate of drug-likeness (QED) is 0.883. The van der Waals surface area contributed by atoms with Crippen molar-refractivity contribution in [3.05, 3.63) is 63.9 Å². The lowest BCUT2D eigenvalue weighted by molar-refractivity contribution is -0.140. The van der Waals surface area contributed by atoms with Crippen molar-refractivity contribution < 1.29 is 14.3 Å². The van der Waals surface area contributed by atoms with Crippen molar-refractivity contribution in [1.29, 1.82) is 0 Å². The number of carbonyl (C=O) groups is 1. The van der Waals surface area contributed by atoms with Crippen molar-refractivity contribution in [2.75, 3.05) is 18.1 Å². The van der Waals surface area contributed by atoms with Gasteiger partial charge in [-0.2, -0.15) is 0 Å². The summed E-state index contributed by atoms with van der Waals surface area (Å²) in [5, 5.41) is 14.1. The molecule has 3 rings (SSSR count). The first-order valence-corrected chi connectivity index (χ1v) is 8.14. The molecule has 1 unspecified atom stereocenters. The molecule has 0 bridgehead atoms. The molecule has 1 atom stereocenters. The third-order valence-electron chi connectivity index (χ3n) is 3.98. The topological polar surface area (TPSA) is 43.8 Å². The van der Waals surface area contributed by atoms with E-state index >= 15 is 0 Å². The molecule has 1 aliphatic heterocycles.